The molecule has 7 atom stereocenters. The summed E-state index contributed by atoms with van der Waals surface area (Å²) in [6, 6.07) is -3.28. The lowest BCUT2D eigenvalue weighted by molar-refractivity contribution is -0.144. The molecule has 374 valence electrons. The minimum absolute atomic E-state index is 0.00993. The zero-order chi connectivity index (χ0) is 50.2. The normalized spacial score (nSPS) is 16.0. The lowest BCUT2D eigenvalue weighted by atomic mass is 10.0. The van der Waals surface area contributed by atoms with E-state index in [1.165, 1.54) is 29.2 Å². The molecule has 0 bridgehead atoms. The van der Waals surface area contributed by atoms with Gasteiger partial charge in [-0.15, -0.1) is 0 Å². The molecule has 0 radical (unpaired) electrons. The first-order valence-electron chi connectivity index (χ1n) is 22.1. The molecule has 0 aliphatic carbocycles. The second-order valence-corrected chi connectivity index (χ2v) is 16.7. The van der Waals surface area contributed by atoms with Crippen molar-refractivity contribution in [3.8, 4) is 5.75 Å². The Kier molecular flexibility index (Phi) is 25.2. The second kappa shape index (κ2) is 29.6. The highest BCUT2D eigenvalue weighted by molar-refractivity contribution is 7.80. The summed E-state index contributed by atoms with van der Waals surface area (Å²) in [6.45, 7) is 2.61. The van der Waals surface area contributed by atoms with Gasteiger partial charge in [-0.3, -0.25) is 43.2 Å². The molecule has 0 unspecified atom stereocenters. The summed E-state index contributed by atoms with van der Waals surface area (Å²) in [5.41, 5.74) is 17.4. The van der Waals surface area contributed by atoms with Crippen LogP contribution in [0, 0.1) is 5.92 Å². The highest BCUT2D eigenvalue weighted by Gasteiger charge is 2.38. The zero-order valence-electron chi connectivity index (χ0n) is 37.8. The van der Waals surface area contributed by atoms with E-state index in [1.807, 2.05) is 0 Å². The Morgan fingerprint density at radius 3 is 1.82 bits per heavy atom. The number of aromatic hydroxyl groups is 1. The van der Waals surface area contributed by atoms with E-state index >= 15 is 0 Å². The summed E-state index contributed by atoms with van der Waals surface area (Å²) in [5, 5.41) is 46.1. The Hall–Kier alpha value is -6.05. The molecule has 0 aromatic heterocycles. The van der Waals surface area contributed by atoms with Crippen LogP contribution in [0.15, 0.2) is 24.3 Å². The van der Waals surface area contributed by atoms with Crippen LogP contribution in [-0.4, -0.2) is 160 Å². The van der Waals surface area contributed by atoms with Gasteiger partial charge in [0.05, 0.1) is 25.6 Å². The van der Waals surface area contributed by atoms with E-state index in [9.17, 15) is 63.3 Å². The molecule has 1 aliphatic heterocycles. The summed E-state index contributed by atoms with van der Waals surface area (Å²) in [4.78, 5) is 131. The van der Waals surface area contributed by atoms with Gasteiger partial charge in [0.1, 0.15) is 42.0 Å². The van der Waals surface area contributed by atoms with Crippen LogP contribution < -0.4 is 54.4 Å². The van der Waals surface area contributed by atoms with Crippen molar-refractivity contribution in [2.24, 2.45) is 23.1 Å². The highest BCUT2D eigenvalue weighted by Crippen LogP contribution is 2.19. The van der Waals surface area contributed by atoms with E-state index < -0.39 is 127 Å². The molecule has 0 saturated carbocycles. The Labute approximate surface area is 393 Å². The molecular weight excluding hydrogens is 899 g/mol. The first-order valence-corrected chi connectivity index (χ1v) is 22.7. The van der Waals surface area contributed by atoms with Crippen LogP contribution in [0.3, 0.4) is 0 Å². The zero-order valence-corrected chi connectivity index (χ0v) is 38.7. The Balaban J connectivity index is 2.23. The largest absolute Gasteiger partial charge is 0.508 e. The van der Waals surface area contributed by atoms with Gasteiger partial charge in [0, 0.05) is 18.7 Å². The van der Waals surface area contributed by atoms with Gasteiger partial charge in [0.2, 0.25) is 47.3 Å². The molecule has 0 spiro atoms. The molecule has 1 aromatic carbocycles. The molecule has 1 heterocycles. The van der Waals surface area contributed by atoms with Crippen LogP contribution >= 0.6 is 12.6 Å². The fourth-order valence-electron chi connectivity index (χ4n) is 6.92. The van der Waals surface area contributed by atoms with Crippen molar-refractivity contribution < 1.29 is 63.3 Å². The van der Waals surface area contributed by atoms with E-state index in [2.05, 4.69) is 49.8 Å². The molecule has 1 saturated heterocycles. The van der Waals surface area contributed by atoms with Gasteiger partial charge >= 0.3 is 11.9 Å². The van der Waals surface area contributed by atoms with E-state index in [0.717, 1.165) is 0 Å². The fourth-order valence-corrected chi connectivity index (χ4v) is 7.08. The van der Waals surface area contributed by atoms with Crippen LogP contribution in [-0.2, 0) is 54.4 Å². The van der Waals surface area contributed by atoms with Crippen molar-refractivity contribution >= 4 is 71.8 Å². The van der Waals surface area contributed by atoms with Gasteiger partial charge in [-0.1, -0.05) is 26.0 Å². The Bertz CT molecular complexity index is 1870. The number of unbranched alkanes of at least 4 members (excludes halogenated alkanes) is 2. The maximum absolute atomic E-state index is 13.8. The molecule has 8 amide bonds. The Morgan fingerprint density at radius 1 is 0.716 bits per heavy atom. The molecular formula is C42H67N11O13S. The number of hydrogen-bond donors (Lipinski definition) is 14. The maximum atomic E-state index is 13.8. The predicted octanol–water partition coefficient (Wildman–Crippen LogP) is -3.69. The third-order valence-electron chi connectivity index (χ3n) is 10.7. The number of carbonyl (C=O) groups is 10. The number of carboxylic acids is 2. The fraction of sp³-hybridized carbons (Fsp3) is 0.619. The number of aliphatic carboxylic acids is 2. The summed E-state index contributed by atoms with van der Waals surface area (Å²) in [7, 11) is 0. The first-order chi connectivity index (χ1) is 31.7. The predicted molar refractivity (Wildman–Crippen MR) is 245 cm³/mol. The second-order valence-electron chi connectivity index (χ2n) is 16.4. The minimum atomic E-state index is -1.75. The monoisotopic (exact) mass is 965 g/mol. The number of likely N-dealkylation sites (tertiary alicyclic amines) is 1. The molecule has 16 N–H and O–H groups in total. The van der Waals surface area contributed by atoms with Gasteiger partial charge in [-0.05, 0) is 88.1 Å². The smallest absolute Gasteiger partial charge is 0.326 e. The number of carbonyl (C=O) groups excluding carboxylic acids is 8. The third-order valence-corrected chi connectivity index (χ3v) is 11.1. The van der Waals surface area contributed by atoms with Crippen LogP contribution in [0.2, 0.25) is 0 Å². The molecule has 1 fully saturated rings. The van der Waals surface area contributed by atoms with Crippen molar-refractivity contribution in [3.63, 3.8) is 0 Å². The summed E-state index contributed by atoms with van der Waals surface area (Å²) in [6.07, 6.45) is 1.04. The number of phenolic OH excluding ortho intramolecular Hbond substituents is 1. The lowest BCUT2D eigenvalue weighted by Crippen LogP contribution is -2.59. The van der Waals surface area contributed by atoms with Gasteiger partial charge < -0.3 is 74.6 Å². The van der Waals surface area contributed by atoms with E-state index in [0.29, 0.717) is 37.7 Å². The van der Waals surface area contributed by atoms with Gasteiger partial charge in [-0.2, -0.15) is 12.6 Å². The molecule has 24 nitrogen and oxygen atoms in total. The topological polar surface area (TPSA) is 397 Å². The highest BCUT2D eigenvalue weighted by atomic mass is 32.1. The van der Waals surface area contributed by atoms with Gasteiger partial charge in [-0.25, -0.2) is 4.79 Å². The quantitative estimate of drug-likeness (QED) is 0.0261. The van der Waals surface area contributed by atoms with Crippen molar-refractivity contribution in [1.82, 2.24) is 42.1 Å². The number of benzene rings is 1. The van der Waals surface area contributed by atoms with E-state index in [-0.39, 0.29) is 56.8 Å². The molecule has 1 aliphatic rings. The number of nitrogens with zero attached hydrogens (tertiary/aromatic N) is 1. The van der Waals surface area contributed by atoms with E-state index in [4.69, 9.17) is 17.2 Å². The summed E-state index contributed by atoms with van der Waals surface area (Å²) >= 11 is 3.95. The van der Waals surface area contributed by atoms with Gasteiger partial charge in [0.15, 0.2) is 0 Å². The summed E-state index contributed by atoms with van der Waals surface area (Å²) in [5.74, 6) is -9.80. The van der Waals surface area contributed by atoms with E-state index in [1.54, 1.807) is 13.8 Å². The lowest BCUT2D eigenvalue weighted by Gasteiger charge is -2.28. The summed E-state index contributed by atoms with van der Waals surface area (Å²) < 4.78 is 0. The number of hydrogen-bond acceptors (Lipinski definition) is 15. The third kappa shape index (κ3) is 20.2. The number of carboxylic acid groups (broad SMARTS) is 2. The number of phenols is 1. The van der Waals surface area contributed by atoms with Crippen molar-refractivity contribution in [3.05, 3.63) is 29.8 Å². The maximum Gasteiger partial charge on any atom is 0.326 e. The molecule has 67 heavy (non-hydrogen) atoms. The molecule has 2 rings (SSSR count). The van der Waals surface area contributed by atoms with Crippen LogP contribution in [0.1, 0.15) is 77.2 Å². The van der Waals surface area contributed by atoms with Crippen molar-refractivity contribution in [2.45, 2.75) is 120 Å². The SMILES string of the molecule is CC(C)[C@H](NC(=O)[C@H](CCCCN)NC(=O)[C@H](CC(=O)O)NC(=O)[C@H](CCCCN)NC(=O)[C@@H]1CCCN1C(=O)CNC(=O)[C@H](Cc1ccc(O)cc1)NC(=O)CNC(=O)[C@@H](N)CS)C(=O)O. The average Bonchev–Trinajstić information content (AvgIpc) is 3.78. The van der Waals surface area contributed by atoms with Crippen molar-refractivity contribution in [1.29, 1.82) is 0 Å². The van der Waals surface area contributed by atoms with Crippen LogP contribution in [0.25, 0.3) is 0 Å². The number of nitrogens with one attached hydrogen (secondary N) is 7. The number of nitrogens with two attached hydrogens (primary N) is 3. The average molecular weight is 966 g/mol. The number of thiol groups is 1. The first kappa shape index (κ1) is 57.1. The van der Waals surface area contributed by atoms with Crippen LogP contribution in [0.4, 0.5) is 0 Å². The number of rotatable bonds is 30. The molecule has 25 heteroatoms. The standard InChI is InChI=1S/C42H67N11O13S/c1-23(2)35(42(65)66)52-39(62)28(9-4-6-16-44)49-40(63)30(19-34(57)58)51-38(61)27(8-3-5-15-43)50-41(64)31-10-7-17-53(31)33(56)21-47-37(60)29(18-24-11-13-25(54)14-12-24)48-32(55)20-46-36(59)26(45)22-67/h11-14,23,26-31,35,54,67H,3-10,15-22,43-45H2,1-2H3,(H,46,59)(H,47,60)(H,48,55)(H,49,63)(H,50,64)(H,51,61)(H,52,62)(H,57,58)(H,65,66)/t26-,27-,28-,29-,30-,31-,35-/m0/s1. The Morgan fingerprint density at radius 2 is 1.27 bits per heavy atom. The van der Waals surface area contributed by atoms with Crippen molar-refractivity contribution in [2.75, 3.05) is 38.5 Å². The number of amides is 8. The van der Waals surface area contributed by atoms with Gasteiger partial charge in [0.25, 0.3) is 0 Å². The van der Waals surface area contributed by atoms with Crippen LogP contribution in [0.5, 0.6) is 5.75 Å². The minimum Gasteiger partial charge on any atom is -0.508 e. The molecule has 1 aromatic rings.